The van der Waals surface area contributed by atoms with E-state index in [2.05, 4.69) is 10.2 Å². The molecule has 3 aliphatic carbocycles. The number of ketones is 1. The van der Waals surface area contributed by atoms with Crippen LogP contribution >= 0.6 is 0 Å². The third-order valence-corrected chi connectivity index (χ3v) is 9.85. The van der Waals surface area contributed by atoms with Crippen LogP contribution in [0.25, 0.3) is 0 Å². The number of phenols is 1. The summed E-state index contributed by atoms with van der Waals surface area (Å²) in [5, 5.41) is 35.9. The van der Waals surface area contributed by atoms with E-state index in [4.69, 9.17) is 14.2 Å². The molecule has 1 spiro atoms. The number of Topliss-reactive ketones (excluding diaryl/α,β-unsaturated/α-hetero) is 1. The molecular weight excluding hydrogens is 514 g/mol. The highest BCUT2D eigenvalue weighted by molar-refractivity contribution is 6.11. The number of nitrogens with one attached hydrogen (secondary N) is 1. The van der Waals surface area contributed by atoms with Crippen molar-refractivity contribution < 1.29 is 34.0 Å². The van der Waals surface area contributed by atoms with E-state index in [0.717, 1.165) is 17.7 Å². The van der Waals surface area contributed by atoms with Gasteiger partial charge in [-0.3, -0.25) is 14.5 Å². The van der Waals surface area contributed by atoms with Gasteiger partial charge in [0.25, 0.3) is 0 Å². The minimum absolute atomic E-state index is 0.0680. The highest BCUT2D eigenvalue weighted by Crippen LogP contribution is 2.65. The van der Waals surface area contributed by atoms with Gasteiger partial charge in [-0.25, -0.2) is 0 Å². The molecule has 10 nitrogen and oxygen atoms in total. The second kappa shape index (κ2) is 8.59. The van der Waals surface area contributed by atoms with Gasteiger partial charge in [-0.15, -0.1) is 0 Å². The van der Waals surface area contributed by atoms with Gasteiger partial charge in [-0.05, 0) is 56.2 Å². The fourth-order valence-corrected chi connectivity index (χ4v) is 7.82. The molecule has 2 bridgehead atoms. The summed E-state index contributed by atoms with van der Waals surface area (Å²) in [6.07, 6.45) is 2.20. The first-order valence-corrected chi connectivity index (χ1v) is 13.7. The first kappa shape index (κ1) is 25.2. The molecule has 1 saturated heterocycles. The second-order valence-corrected chi connectivity index (χ2v) is 11.8. The summed E-state index contributed by atoms with van der Waals surface area (Å²) in [5.41, 5.74) is -0.434. The van der Waals surface area contributed by atoms with Gasteiger partial charge in [0.1, 0.15) is 12.0 Å². The van der Waals surface area contributed by atoms with Crippen LogP contribution in [0, 0.1) is 23.2 Å². The van der Waals surface area contributed by atoms with Gasteiger partial charge in [0.15, 0.2) is 34.9 Å². The lowest BCUT2D eigenvalue weighted by molar-refractivity contribution is -0.197. The number of amides is 1. The van der Waals surface area contributed by atoms with E-state index >= 15 is 0 Å². The van der Waals surface area contributed by atoms with Crippen LogP contribution in [0.3, 0.4) is 0 Å². The number of piperidine rings is 1. The van der Waals surface area contributed by atoms with Crippen molar-refractivity contribution in [3.63, 3.8) is 0 Å². The van der Waals surface area contributed by atoms with Crippen molar-refractivity contribution >= 4 is 17.4 Å². The molecule has 0 aromatic heterocycles. The molecule has 2 aromatic rings. The summed E-state index contributed by atoms with van der Waals surface area (Å²) in [5.74, 6) is -0.844. The van der Waals surface area contributed by atoms with Gasteiger partial charge in [0.05, 0.1) is 36.5 Å². The molecule has 3 fully saturated rings. The molecule has 0 radical (unpaired) electrons. The number of benzene rings is 2. The quantitative estimate of drug-likeness (QED) is 0.466. The van der Waals surface area contributed by atoms with Crippen LogP contribution in [-0.2, 0) is 21.4 Å². The molecule has 2 aliphatic heterocycles. The van der Waals surface area contributed by atoms with Crippen molar-refractivity contribution in [2.24, 2.45) is 11.8 Å². The Morgan fingerprint density at radius 3 is 2.70 bits per heavy atom. The normalized spacial score (nSPS) is 31.6. The van der Waals surface area contributed by atoms with E-state index in [-0.39, 0.29) is 35.2 Å². The number of ether oxygens (including phenoxy) is 3. The van der Waals surface area contributed by atoms with Crippen molar-refractivity contribution in [2.45, 2.75) is 55.3 Å². The van der Waals surface area contributed by atoms with Crippen molar-refractivity contribution in [3.05, 3.63) is 41.0 Å². The van der Waals surface area contributed by atoms with Crippen LogP contribution in [0.5, 0.6) is 23.0 Å². The average molecular weight is 546 g/mol. The molecule has 10 heteroatoms. The van der Waals surface area contributed by atoms with Crippen LogP contribution in [0.1, 0.15) is 42.4 Å². The van der Waals surface area contributed by atoms with Gasteiger partial charge in [-0.2, -0.15) is 5.26 Å². The van der Waals surface area contributed by atoms with Crippen LogP contribution in [-0.4, -0.2) is 71.9 Å². The van der Waals surface area contributed by atoms with Crippen molar-refractivity contribution in [2.75, 3.05) is 32.6 Å². The fourth-order valence-electron chi connectivity index (χ4n) is 7.82. The predicted octanol–water partition coefficient (Wildman–Crippen LogP) is 2.28. The zero-order chi connectivity index (χ0) is 28.0. The number of likely N-dealkylation sites (tertiary alicyclic amines) is 1. The van der Waals surface area contributed by atoms with Crippen LogP contribution in [0.2, 0.25) is 0 Å². The summed E-state index contributed by atoms with van der Waals surface area (Å²) >= 11 is 0. The molecular formula is C30H31N3O7. The maximum absolute atomic E-state index is 14.1. The number of phenolic OH excluding ortho intramolecular Hbond substituents is 1. The molecule has 2 heterocycles. The number of methoxy groups -OCH3 is 2. The number of hydrogen-bond donors (Lipinski definition) is 3. The molecule has 3 N–H and O–H groups in total. The van der Waals surface area contributed by atoms with Gasteiger partial charge in [0.2, 0.25) is 5.91 Å². The third-order valence-electron chi connectivity index (χ3n) is 9.85. The summed E-state index contributed by atoms with van der Waals surface area (Å²) in [6.45, 7) is 1.58. The van der Waals surface area contributed by atoms with Crippen LogP contribution in [0.15, 0.2) is 24.3 Å². The Hall–Kier alpha value is -3.81. The molecule has 7 rings (SSSR count). The van der Waals surface area contributed by atoms with Crippen molar-refractivity contribution in [3.8, 4) is 29.1 Å². The standard InChI is InChI=1S/C30H31N3O7/c1-38-21-9-17(13-31)19(11-22(21)39-2)32-28(36)18-12-30(37)23-10-16-5-6-20(34)26-24(16)29(30,27(40-26)25(18)35)7-8-33(23)14-15-3-4-15/h5-6,9,11,15,18,23,27,34,37H,3-4,7-8,10,12,14H2,1-2H3,(H,32,36)/t18?,23-,27+,29+,30-/m1/s1. The van der Waals surface area contributed by atoms with Crippen LogP contribution < -0.4 is 19.5 Å². The highest BCUT2D eigenvalue weighted by Gasteiger charge is 2.75. The lowest BCUT2D eigenvalue weighted by Crippen LogP contribution is -2.78. The number of hydrogen-bond acceptors (Lipinski definition) is 9. The Labute approximate surface area is 231 Å². The van der Waals surface area contributed by atoms with E-state index in [1.54, 1.807) is 6.07 Å². The predicted molar refractivity (Wildman–Crippen MR) is 142 cm³/mol. The van der Waals surface area contributed by atoms with Crippen LogP contribution in [0.4, 0.5) is 5.69 Å². The maximum Gasteiger partial charge on any atom is 0.235 e. The molecule has 2 saturated carbocycles. The van der Waals surface area contributed by atoms with Gasteiger partial charge in [0, 0.05) is 30.3 Å². The lowest BCUT2D eigenvalue weighted by Gasteiger charge is -2.63. The number of nitriles is 1. The summed E-state index contributed by atoms with van der Waals surface area (Å²) in [4.78, 5) is 30.2. The number of anilines is 1. The van der Waals surface area contributed by atoms with Gasteiger partial charge in [-0.1, -0.05) is 6.07 Å². The van der Waals surface area contributed by atoms with E-state index in [1.165, 1.54) is 39.2 Å². The molecule has 2 aromatic carbocycles. The number of aromatic hydroxyl groups is 1. The zero-order valence-corrected chi connectivity index (χ0v) is 22.4. The molecule has 1 amide bonds. The number of rotatable bonds is 6. The summed E-state index contributed by atoms with van der Waals surface area (Å²) in [7, 11) is 2.90. The SMILES string of the molecule is COc1cc(C#N)c(NC(=O)C2C[C@@]3(O)[C@H]4Cc5ccc(O)c6c5[C@@]3(CCN4CC3CC3)[C@@H](O6)C2=O)cc1OC. The van der Waals surface area contributed by atoms with E-state index < -0.39 is 34.7 Å². The van der Waals surface area contributed by atoms with E-state index in [1.807, 2.05) is 12.1 Å². The minimum Gasteiger partial charge on any atom is -0.504 e. The van der Waals surface area contributed by atoms with Gasteiger partial charge >= 0.3 is 0 Å². The topological polar surface area (TPSA) is 141 Å². The van der Waals surface area contributed by atoms with Crippen molar-refractivity contribution in [1.29, 1.82) is 5.26 Å². The Kier molecular flexibility index (Phi) is 5.41. The Morgan fingerprint density at radius 2 is 2.00 bits per heavy atom. The second-order valence-electron chi connectivity index (χ2n) is 11.8. The Bertz CT molecular complexity index is 1500. The molecule has 208 valence electrons. The van der Waals surface area contributed by atoms with E-state index in [9.17, 15) is 25.1 Å². The third kappa shape index (κ3) is 3.22. The summed E-state index contributed by atoms with van der Waals surface area (Å²) in [6, 6.07) is 8.16. The highest BCUT2D eigenvalue weighted by atomic mass is 16.5. The van der Waals surface area contributed by atoms with E-state index in [0.29, 0.717) is 36.8 Å². The molecule has 1 unspecified atom stereocenters. The van der Waals surface area contributed by atoms with Crippen molar-refractivity contribution in [1.82, 2.24) is 4.90 Å². The number of carbonyl (C=O) groups is 2. The fraction of sp³-hybridized carbons (Fsp3) is 0.500. The lowest BCUT2D eigenvalue weighted by atomic mass is 9.47. The molecule has 5 aliphatic rings. The Balaban J connectivity index is 1.29. The molecule has 40 heavy (non-hydrogen) atoms. The summed E-state index contributed by atoms with van der Waals surface area (Å²) < 4.78 is 16.8. The molecule has 5 atom stereocenters. The largest absolute Gasteiger partial charge is 0.504 e. The smallest absolute Gasteiger partial charge is 0.235 e. The Morgan fingerprint density at radius 1 is 1.25 bits per heavy atom. The number of nitrogens with zero attached hydrogens (tertiary/aromatic N) is 2. The first-order valence-electron chi connectivity index (χ1n) is 13.7. The monoisotopic (exact) mass is 545 g/mol. The first-order chi connectivity index (χ1) is 19.2. The average Bonchev–Trinajstić information content (AvgIpc) is 3.69. The van der Waals surface area contributed by atoms with Gasteiger partial charge < -0.3 is 29.7 Å². The minimum atomic E-state index is -1.43. The number of carbonyl (C=O) groups excluding carboxylic acids is 2. The maximum atomic E-state index is 14.1. The number of aliphatic hydroxyl groups is 1. The zero-order valence-electron chi connectivity index (χ0n) is 22.4.